The van der Waals surface area contributed by atoms with E-state index in [0.717, 1.165) is 28.6 Å². The molecule has 27 heavy (non-hydrogen) atoms. The van der Waals surface area contributed by atoms with E-state index in [1.807, 2.05) is 23.1 Å². The molecule has 6 nitrogen and oxygen atoms in total. The number of piperidine rings is 2. The van der Waals surface area contributed by atoms with Crippen molar-refractivity contribution in [3.63, 3.8) is 0 Å². The first-order chi connectivity index (χ1) is 13.0. The van der Waals surface area contributed by atoms with Gasteiger partial charge in [-0.3, -0.25) is 14.5 Å². The van der Waals surface area contributed by atoms with E-state index in [9.17, 15) is 14.7 Å². The van der Waals surface area contributed by atoms with E-state index in [2.05, 4.69) is 11.1 Å². The van der Waals surface area contributed by atoms with E-state index in [1.54, 1.807) is 6.92 Å². The number of ether oxygens (including phenoxy) is 1. The highest BCUT2D eigenvalue weighted by atomic mass is 16.5. The van der Waals surface area contributed by atoms with Crippen LogP contribution in [0.25, 0.3) is 10.9 Å². The van der Waals surface area contributed by atoms with Gasteiger partial charge in [-0.2, -0.15) is 0 Å². The molecule has 142 valence electrons. The molecule has 6 heteroatoms. The van der Waals surface area contributed by atoms with Crippen LogP contribution in [0.3, 0.4) is 0 Å². The number of rotatable bonds is 2. The molecule has 5 unspecified atom stereocenters. The standard InChI is InChI=1S/C21H24N2O4/c1-11(24)15-9-12-10-21(20(26)27-2)17-14(7-8-23(18(15)21)19(12)25)13-5-3-4-6-16(13)22-17/h3-6,12,15,18-19,22,25H,7-10H2,1-2H3/t12?,15?,18-,19?,21?/m0/s1. The van der Waals surface area contributed by atoms with Crippen LogP contribution in [0.15, 0.2) is 24.3 Å². The molecule has 2 N–H and O–H groups in total. The summed E-state index contributed by atoms with van der Waals surface area (Å²) in [5, 5.41) is 12.0. The van der Waals surface area contributed by atoms with Gasteiger partial charge < -0.3 is 14.8 Å². The number of carbonyl (C=O) groups excluding carboxylic acids is 2. The number of Topliss-reactive ketones (excluding diaryl/α,β-unsaturated/α-hetero) is 1. The van der Waals surface area contributed by atoms with Gasteiger partial charge in [0.25, 0.3) is 0 Å². The van der Waals surface area contributed by atoms with Crippen molar-refractivity contribution in [3.8, 4) is 0 Å². The van der Waals surface area contributed by atoms with Gasteiger partial charge in [0.05, 0.1) is 7.11 Å². The Balaban J connectivity index is 1.82. The summed E-state index contributed by atoms with van der Waals surface area (Å²) in [6.07, 6.45) is 1.25. The number of aromatic nitrogens is 1. The monoisotopic (exact) mass is 368 g/mol. The zero-order chi connectivity index (χ0) is 18.9. The number of para-hydroxylation sites is 1. The number of methoxy groups -OCH3 is 1. The molecule has 4 aliphatic rings. The van der Waals surface area contributed by atoms with Crippen molar-refractivity contribution in [2.75, 3.05) is 13.7 Å². The molecule has 2 saturated heterocycles. The molecular weight excluding hydrogens is 344 g/mol. The van der Waals surface area contributed by atoms with Crippen molar-refractivity contribution < 1.29 is 19.4 Å². The molecule has 0 amide bonds. The predicted molar refractivity (Wildman–Crippen MR) is 99.1 cm³/mol. The Morgan fingerprint density at radius 1 is 1.33 bits per heavy atom. The zero-order valence-corrected chi connectivity index (χ0v) is 15.6. The lowest BCUT2D eigenvalue weighted by Crippen LogP contribution is -2.71. The molecule has 1 aromatic carbocycles. The fourth-order valence-electron chi connectivity index (χ4n) is 6.07. The maximum absolute atomic E-state index is 13.3. The SMILES string of the molecule is COC(=O)C12CC3CC(C(C)=O)[C@@H]1N(CCc1c2[nH]c2ccccc12)C3O. The summed E-state index contributed by atoms with van der Waals surface area (Å²) >= 11 is 0. The summed E-state index contributed by atoms with van der Waals surface area (Å²) in [7, 11) is 1.41. The number of aliphatic hydroxyl groups is 1. The van der Waals surface area contributed by atoms with Gasteiger partial charge in [-0.25, -0.2) is 0 Å². The lowest BCUT2D eigenvalue weighted by Gasteiger charge is -2.59. The summed E-state index contributed by atoms with van der Waals surface area (Å²) < 4.78 is 5.31. The van der Waals surface area contributed by atoms with E-state index >= 15 is 0 Å². The van der Waals surface area contributed by atoms with Gasteiger partial charge in [-0.1, -0.05) is 18.2 Å². The van der Waals surface area contributed by atoms with Gasteiger partial charge in [0.2, 0.25) is 0 Å². The smallest absolute Gasteiger partial charge is 0.319 e. The fourth-order valence-corrected chi connectivity index (χ4v) is 6.07. The average molecular weight is 368 g/mol. The molecule has 4 heterocycles. The van der Waals surface area contributed by atoms with Crippen LogP contribution in [0.4, 0.5) is 0 Å². The highest BCUT2D eigenvalue weighted by molar-refractivity contribution is 5.93. The molecule has 2 aromatic rings. The van der Waals surface area contributed by atoms with E-state index in [4.69, 9.17) is 4.74 Å². The molecule has 1 aromatic heterocycles. The average Bonchev–Trinajstić information content (AvgIpc) is 3.00. The predicted octanol–water partition coefficient (Wildman–Crippen LogP) is 1.75. The molecule has 6 atom stereocenters. The number of aliphatic hydroxyl groups excluding tert-OH is 1. The van der Waals surface area contributed by atoms with E-state index in [-0.39, 0.29) is 29.6 Å². The van der Waals surface area contributed by atoms with Crippen molar-refractivity contribution in [2.45, 2.75) is 43.9 Å². The first-order valence-corrected chi connectivity index (χ1v) is 9.61. The Bertz CT molecular complexity index is 951. The largest absolute Gasteiger partial charge is 0.468 e. The Morgan fingerprint density at radius 3 is 2.85 bits per heavy atom. The Hall–Kier alpha value is -2.18. The van der Waals surface area contributed by atoms with Crippen LogP contribution in [0.1, 0.15) is 31.0 Å². The lowest BCUT2D eigenvalue weighted by atomic mass is 9.55. The van der Waals surface area contributed by atoms with Crippen molar-refractivity contribution >= 4 is 22.7 Å². The van der Waals surface area contributed by atoms with E-state index < -0.39 is 11.6 Å². The maximum atomic E-state index is 13.3. The number of ketones is 1. The molecular formula is C21H24N2O4. The minimum absolute atomic E-state index is 0.0782. The number of fused-ring (bicyclic) bond motifs is 4. The summed E-state index contributed by atoms with van der Waals surface area (Å²) in [6, 6.07) is 7.68. The first-order valence-electron chi connectivity index (χ1n) is 9.61. The summed E-state index contributed by atoms with van der Waals surface area (Å²) in [6.45, 7) is 2.22. The van der Waals surface area contributed by atoms with Crippen molar-refractivity contribution in [3.05, 3.63) is 35.5 Å². The molecule has 1 saturated carbocycles. The van der Waals surface area contributed by atoms with Gasteiger partial charge in [0.15, 0.2) is 0 Å². The van der Waals surface area contributed by atoms with Crippen LogP contribution in [0, 0.1) is 11.8 Å². The number of carbonyl (C=O) groups is 2. The van der Waals surface area contributed by atoms with Crippen molar-refractivity contribution in [1.82, 2.24) is 9.88 Å². The number of nitrogens with zero attached hydrogens (tertiary/aromatic N) is 1. The quantitative estimate of drug-likeness (QED) is 0.789. The van der Waals surface area contributed by atoms with E-state index in [1.165, 1.54) is 7.11 Å². The molecule has 1 aliphatic carbocycles. The number of esters is 1. The summed E-state index contributed by atoms with van der Waals surface area (Å²) in [5.74, 6) is -0.631. The zero-order valence-electron chi connectivity index (χ0n) is 15.6. The molecule has 0 spiro atoms. The third kappa shape index (κ3) is 2.03. The second-order valence-electron chi connectivity index (χ2n) is 8.25. The third-order valence-corrected chi connectivity index (χ3v) is 7.10. The van der Waals surface area contributed by atoms with Gasteiger partial charge >= 0.3 is 5.97 Å². The van der Waals surface area contributed by atoms with Crippen LogP contribution in [-0.4, -0.2) is 52.7 Å². The highest BCUT2D eigenvalue weighted by Crippen LogP contribution is 2.56. The first kappa shape index (κ1) is 17.0. The number of H-pyrrole nitrogens is 1. The van der Waals surface area contributed by atoms with Crippen LogP contribution in [-0.2, 0) is 26.2 Å². The number of hydrogen-bond acceptors (Lipinski definition) is 5. The van der Waals surface area contributed by atoms with Crippen LogP contribution >= 0.6 is 0 Å². The van der Waals surface area contributed by atoms with E-state index in [0.29, 0.717) is 19.4 Å². The number of hydrogen-bond donors (Lipinski definition) is 2. The number of nitrogens with one attached hydrogen (secondary N) is 1. The normalized spacial score (nSPS) is 36.9. The van der Waals surface area contributed by atoms with Gasteiger partial charge in [0.1, 0.15) is 17.4 Å². The second-order valence-corrected chi connectivity index (χ2v) is 8.25. The van der Waals surface area contributed by atoms with Crippen molar-refractivity contribution in [1.29, 1.82) is 0 Å². The Kier molecular flexibility index (Phi) is 3.55. The second kappa shape index (κ2) is 5.66. The van der Waals surface area contributed by atoms with Gasteiger partial charge in [-0.15, -0.1) is 0 Å². The molecule has 4 bridgehead atoms. The minimum Gasteiger partial charge on any atom is -0.468 e. The Labute approximate surface area is 157 Å². The lowest BCUT2D eigenvalue weighted by molar-refractivity contribution is -0.196. The molecule has 3 fully saturated rings. The topological polar surface area (TPSA) is 82.6 Å². The number of aromatic amines is 1. The fraction of sp³-hybridized carbons (Fsp3) is 0.524. The molecule has 3 aliphatic heterocycles. The maximum Gasteiger partial charge on any atom is 0.319 e. The van der Waals surface area contributed by atoms with Gasteiger partial charge in [-0.05, 0) is 37.8 Å². The summed E-state index contributed by atoms with van der Waals surface area (Å²) in [4.78, 5) is 31.3. The summed E-state index contributed by atoms with van der Waals surface area (Å²) in [5.41, 5.74) is 2.05. The van der Waals surface area contributed by atoms with Gasteiger partial charge in [0, 0.05) is 41.0 Å². The molecule has 6 rings (SSSR count). The Morgan fingerprint density at radius 2 is 2.11 bits per heavy atom. The van der Waals surface area contributed by atoms with Crippen LogP contribution in [0.2, 0.25) is 0 Å². The highest BCUT2D eigenvalue weighted by Gasteiger charge is 2.66. The minimum atomic E-state index is -0.946. The van der Waals surface area contributed by atoms with Crippen LogP contribution in [0.5, 0.6) is 0 Å². The molecule has 0 radical (unpaired) electrons. The van der Waals surface area contributed by atoms with Crippen molar-refractivity contribution in [2.24, 2.45) is 11.8 Å². The third-order valence-electron chi connectivity index (χ3n) is 7.10. The number of benzene rings is 1. The van der Waals surface area contributed by atoms with Crippen LogP contribution < -0.4 is 0 Å².